The molecule has 0 saturated heterocycles. The number of nitrogens with two attached hydrogens (primary N) is 1. The molecule has 4 aromatic heterocycles. The van der Waals surface area contributed by atoms with Crippen molar-refractivity contribution >= 4 is 49.5 Å². The van der Waals surface area contributed by atoms with Crippen LogP contribution in [-0.2, 0) is 18.2 Å². The molecule has 0 radical (unpaired) electrons. The zero-order chi connectivity index (χ0) is 21.8. The van der Waals surface area contributed by atoms with Gasteiger partial charge in [-0.1, -0.05) is 17.4 Å². The fourth-order valence-electron chi connectivity index (χ4n) is 4.10. The van der Waals surface area contributed by atoms with Gasteiger partial charge in [0.25, 0.3) is 0 Å². The van der Waals surface area contributed by atoms with Crippen LogP contribution in [0.1, 0.15) is 19.3 Å². The summed E-state index contributed by atoms with van der Waals surface area (Å²) in [6.45, 7) is 0. The van der Waals surface area contributed by atoms with E-state index < -0.39 is 11.2 Å². The van der Waals surface area contributed by atoms with Gasteiger partial charge in [0.05, 0.1) is 22.4 Å². The molecular weight excluding hydrogens is 440 g/mol. The maximum absolute atomic E-state index is 13.2. The van der Waals surface area contributed by atoms with Crippen molar-refractivity contribution in [2.45, 2.75) is 28.7 Å². The van der Waals surface area contributed by atoms with Gasteiger partial charge >= 0.3 is 0 Å². The predicted octanol–water partition coefficient (Wildman–Crippen LogP) is 4.55. The number of thiophene rings is 1. The van der Waals surface area contributed by atoms with Crippen molar-refractivity contribution in [1.29, 1.82) is 0 Å². The molecule has 6 rings (SSSR count). The van der Waals surface area contributed by atoms with Gasteiger partial charge in [-0.05, 0) is 43.5 Å². The number of nitrogens with zero attached hydrogens (tertiary/aromatic N) is 5. The van der Waals surface area contributed by atoms with E-state index in [9.17, 15) is 4.55 Å². The van der Waals surface area contributed by atoms with Gasteiger partial charge in [0.15, 0.2) is 0 Å². The molecule has 2 N–H and O–H groups in total. The lowest BCUT2D eigenvalue weighted by atomic mass is 10.00. The summed E-state index contributed by atoms with van der Waals surface area (Å²) in [4.78, 5) is 14.5. The Bertz CT molecular complexity index is 1470. The largest absolute Gasteiger partial charge is 0.611 e. The quantitative estimate of drug-likeness (QED) is 0.395. The minimum atomic E-state index is -1.10. The lowest BCUT2D eigenvalue weighted by Gasteiger charge is -2.27. The van der Waals surface area contributed by atoms with Crippen LogP contribution in [-0.4, -0.2) is 34.5 Å². The topological polar surface area (TPSA) is 106 Å². The van der Waals surface area contributed by atoms with Crippen molar-refractivity contribution in [3.8, 4) is 22.5 Å². The summed E-state index contributed by atoms with van der Waals surface area (Å²) >= 11 is 0.343. The average molecular weight is 461 g/mol. The first-order chi connectivity index (χ1) is 15.6. The Morgan fingerprint density at radius 2 is 1.91 bits per heavy atom. The molecule has 5 aromatic rings. The second kappa shape index (κ2) is 7.54. The van der Waals surface area contributed by atoms with Crippen LogP contribution in [0.5, 0.6) is 0 Å². The van der Waals surface area contributed by atoms with Crippen LogP contribution in [0.4, 0.5) is 5.69 Å². The molecule has 32 heavy (non-hydrogen) atoms. The normalized spacial score (nSPS) is 15.3. The minimum absolute atomic E-state index is 0.198. The summed E-state index contributed by atoms with van der Waals surface area (Å²) in [5, 5.41) is 5.40. The third-order valence-corrected chi connectivity index (χ3v) is 9.36. The van der Waals surface area contributed by atoms with E-state index in [1.165, 1.54) is 11.3 Å². The number of aromatic nitrogens is 5. The van der Waals surface area contributed by atoms with Crippen LogP contribution in [0.25, 0.3) is 43.8 Å². The Kier molecular flexibility index (Phi) is 4.63. The smallest absolute Gasteiger partial charge is 0.232 e. The maximum atomic E-state index is 13.2. The SMILES string of the molecule is Cn1nccc1-c1cc(-c2ccc3nccnc3c2)nc2sc([S@+]([O-])C3CCC3)c(N)c12. The van der Waals surface area contributed by atoms with Gasteiger partial charge < -0.3 is 10.3 Å². The number of fused-ring (bicyclic) bond motifs is 2. The molecule has 4 heterocycles. The van der Waals surface area contributed by atoms with E-state index in [1.807, 2.05) is 42.1 Å². The minimum Gasteiger partial charge on any atom is -0.611 e. The van der Waals surface area contributed by atoms with Gasteiger partial charge in [0.2, 0.25) is 4.21 Å². The molecule has 1 atom stereocenters. The van der Waals surface area contributed by atoms with Crippen LogP contribution in [0.3, 0.4) is 0 Å². The Balaban J connectivity index is 1.59. The first kappa shape index (κ1) is 19.7. The van der Waals surface area contributed by atoms with E-state index in [1.54, 1.807) is 18.6 Å². The highest BCUT2D eigenvalue weighted by Crippen LogP contribution is 2.45. The van der Waals surface area contributed by atoms with E-state index in [2.05, 4.69) is 15.1 Å². The summed E-state index contributed by atoms with van der Waals surface area (Å²) in [7, 11) is 1.91. The van der Waals surface area contributed by atoms with E-state index in [0.717, 1.165) is 67.2 Å². The third kappa shape index (κ3) is 3.08. The molecule has 9 heteroatoms. The van der Waals surface area contributed by atoms with E-state index >= 15 is 0 Å². The Morgan fingerprint density at radius 1 is 1.09 bits per heavy atom. The third-order valence-electron chi connectivity index (χ3n) is 6.06. The highest BCUT2D eigenvalue weighted by Gasteiger charge is 2.35. The van der Waals surface area contributed by atoms with Gasteiger partial charge in [-0.3, -0.25) is 14.6 Å². The van der Waals surface area contributed by atoms with Crippen molar-refractivity contribution in [3.63, 3.8) is 0 Å². The number of rotatable bonds is 4. The maximum Gasteiger partial charge on any atom is 0.232 e. The zero-order valence-corrected chi connectivity index (χ0v) is 19.0. The van der Waals surface area contributed by atoms with E-state index in [-0.39, 0.29) is 5.25 Å². The first-order valence-electron chi connectivity index (χ1n) is 10.4. The van der Waals surface area contributed by atoms with Gasteiger partial charge in [0, 0.05) is 53.3 Å². The summed E-state index contributed by atoms with van der Waals surface area (Å²) in [5.41, 5.74) is 12.5. The van der Waals surface area contributed by atoms with Gasteiger partial charge in [-0.25, -0.2) is 4.98 Å². The highest BCUT2D eigenvalue weighted by molar-refractivity contribution is 7.94. The van der Waals surface area contributed by atoms with Crippen molar-refractivity contribution in [3.05, 3.63) is 48.9 Å². The van der Waals surface area contributed by atoms with Crippen LogP contribution < -0.4 is 5.73 Å². The summed E-state index contributed by atoms with van der Waals surface area (Å²) < 4.78 is 15.7. The van der Waals surface area contributed by atoms with E-state index in [4.69, 9.17) is 10.7 Å². The van der Waals surface area contributed by atoms with Crippen LogP contribution >= 0.6 is 11.3 Å². The molecule has 1 aromatic carbocycles. The number of hydrogen-bond acceptors (Lipinski definition) is 7. The molecule has 160 valence electrons. The molecule has 7 nitrogen and oxygen atoms in total. The molecule has 1 saturated carbocycles. The molecule has 1 aliphatic rings. The summed E-state index contributed by atoms with van der Waals surface area (Å²) in [6.07, 6.45) is 8.26. The zero-order valence-electron chi connectivity index (χ0n) is 17.4. The number of nitrogen functional groups attached to an aromatic ring is 1. The van der Waals surface area contributed by atoms with Gasteiger partial charge in [-0.15, -0.1) is 0 Å². The summed E-state index contributed by atoms with van der Waals surface area (Å²) in [5.74, 6) is 0. The van der Waals surface area contributed by atoms with E-state index in [0.29, 0.717) is 5.69 Å². The first-order valence-corrected chi connectivity index (χ1v) is 12.5. The predicted molar refractivity (Wildman–Crippen MR) is 129 cm³/mol. The molecule has 0 spiro atoms. The average Bonchev–Trinajstić information content (AvgIpc) is 3.34. The van der Waals surface area contributed by atoms with Crippen molar-refractivity contribution < 1.29 is 4.55 Å². The number of hydrogen-bond donors (Lipinski definition) is 1. The molecule has 0 unspecified atom stereocenters. The van der Waals surface area contributed by atoms with Crippen molar-refractivity contribution in [2.75, 3.05) is 5.73 Å². The van der Waals surface area contributed by atoms with Gasteiger partial charge in [0.1, 0.15) is 15.8 Å². The Hall–Kier alpha value is -3.01. The fraction of sp³-hybridized carbons (Fsp3) is 0.217. The number of pyridine rings is 1. The molecule has 0 aliphatic heterocycles. The van der Waals surface area contributed by atoms with Gasteiger partial charge in [-0.2, -0.15) is 5.10 Å². The van der Waals surface area contributed by atoms with Crippen LogP contribution in [0.2, 0.25) is 0 Å². The molecule has 1 fully saturated rings. The lowest BCUT2D eigenvalue weighted by molar-refractivity contribution is 0.478. The van der Waals surface area contributed by atoms with Crippen LogP contribution in [0.15, 0.2) is 53.1 Å². The monoisotopic (exact) mass is 460 g/mol. The fourth-order valence-corrected chi connectivity index (χ4v) is 7.31. The van der Waals surface area contributed by atoms with Crippen LogP contribution in [0, 0.1) is 0 Å². The Morgan fingerprint density at radius 3 is 2.62 bits per heavy atom. The summed E-state index contributed by atoms with van der Waals surface area (Å²) in [6, 6.07) is 9.95. The molecule has 0 amide bonds. The second-order valence-electron chi connectivity index (χ2n) is 7.99. The number of benzene rings is 1. The van der Waals surface area contributed by atoms with Crippen molar-refractivity contribution in [1.82, 2.24) is 24.7 Å². The van der Waals surface area contributed by atoms with Crippen molar-refractivity contribution in [2.24, 2.45) is 7.05 Å². The molecular formula is C23H20N6OS2. The number of aryl methyl sites for hydroxylation is 1. The number of anilines is 1. The molecule has 1 aliphatic carbocycles. The lowest BCUT2D eigenvalue weighted by Crippen LogP contribution is -2.28. The Labute approximate surface area is 191 Å². The highest BCUT2D eigenvalue weighted by atomic mass is 32.2. The standard InChI is InChI=1S/C23H20N6OS2/c1-29-19(7-8-27-29)15-12-17(13-5-6-16-18(11-13)26-10-9-25-16)28-22-20(15)21(24)23(31-22)32(30)14-3-2-4-14/h5-12,14H,2-4,24H2,1H3/t32-/m1/s1. The molecule has 0 bridgehead atoms. The second-order valence-corrected chi connectivity index (χ2v) is 10.9.